The second kappa shape index (κ2) is 7.84. The van der Waals surface area contributed by atoms with Gasteiger partial charge in [0.15, 0.2) is 0 Å². The van der Waals surface area contributed by atoms with Gasteiger partial charge in [-0.15, -0.1) is 0 Å². The molecule has 1 amide bonds. The second-order valence-corrected chi connectivity index (χ2v) is 5.78. The van der Waals surface area contributed by atoms with Crippen molar-refractivity contribution in [2.45, 2.75) is 12.8 Å². The summed E-state index contributed by atoms with van der Waals surface area (Å²) in [7, 11) is 0. The number of rotatable bonds is 5. The Morgan fingerprint density at radius 3 is 2.52 bits per heavy atom. The molecule has 3 N–H and O–H groups in total. The maximum atomic E-state index is 11.9. The average molecular weight is 332 g/mol. The van der Waals surface area contributed by atoms with Crippen molar-refractivity contribution in [3.8, 4) is 0 Å². The summed E-state index contributed by atoms with van der Waals surface area (Å²) in [6, 6.07) is 3.13. The van der Waals surface area contributed by atoms with Crippen LogP contribution in [0.3, 0.4) is 0 Å². The number of nitrogens with one attached hydrogen (secondary N) is 1. The predicted octanol–water partition coefficient (Wildman–Crippen LogP) is 2.63. The molecule has 21 heavy (non-hydrogen) atoms. The number of amides is 1. The lowest BCUT2D eigenvalue weighted by molar-refractivity contribution is -0.116. The van der Waals surface area contributed by atoms with Gasteiger partial charge in [-0.3, -0.25) is 9.69 Å². The van der Waals surface area contributed by atoms with Crippen LogP contribution in [0.4, 0.5) is 11.4 Å². The van der Waals surface area contributed by atoms with Crippen LogP contribution in [0.1, 0.15) is 12.8 Å². The van der Waals surface area contributed by atoms with E-state index in [0.29, 0.717) is 27.8 Å². The SMILES string of the molecule is Nc1cc(Cl)c(NC(=O)CCCN2CCOCC2)c(Cl)c1. The van der Waals surface area contributed by atoms with Gasteiger partial charge in [-0.1, -0.05) is 23.2 Å². The van der Waals surface area contributed by atoms with E-state index < -0.39 is 0 Å². The van der Waals surface area contributed by atoms with Crippen LogP contribution in [0, 0.1) is 0 Å². The molecule has 116 valence electrons. The molecule has 0 aromatic heterocycles. The third kappa shape index (κ3) is 5.04. The fraction of sp³-hybridized carbons (Fsp3) is 0.500. The first kappa shape index (κ1) is 16.4. The van der Waals surface area contributed by atoms with Crippen LogP contribution < -0.4 is 11.1 Å². The van der Waals surface area contributed by atoms with Gasteiger partial charge in [0.05, 0.1) is 28.9 Å². The Morgan fingerprint density at radius 2 is 1.90 bits per heavy atom. The van der Waals surface area contributed by atoms with Gasteiger partial charge in [0.2, 0.25) is 5.91 Å². The monoisotopic (exact) mass is 331 g/mol. The first-order chi connectivity index (χ1) is 10.1. The van der Waals surface area contributed by atoms with Gasteiger partial charge in [-0.05, 0) is 25.1 Å². The van der Waals surface area contributed by atoms with Crippen molar-refractivity contribution in [3.05, 3.63) is 22.2 Å². The number of nitrogens with zero attached hydrogens (tertiary/aromatic N) is 1. The molecule has 0 unspecified atom stereocenters. The predicted molar refractivity (Wildman–Crippen MR) is 86.0 cm³/mol. The number of nitrogens with two attached hydrogens (primary N) is 1. The highest BCUT2D eigenvalue weighted by molar-refractivity contribution is 6.40. The molecule has 0 aliphatic carbocycles. The molecular weight excluding hydrogens is 313 g/mol. The highest BCUT2D eigenvalue weighted by Gasteiger charge is 2.13. The summed E-state index contributed by atoms with van der Waals surface area (Å²) in [5, 5.41) is 3.44. The van der Waals surface area contributed by atoms with Crippen LogP contribution in [0.5, 0.6) is 0 Å². The Labute approximate surface area is 134 Å². The molecule has 1 aromatic carbocycles. The molecule has 1 fully saturated rings. The van der Waals surface area contributed by atoms with E-state index in [1.807, 2.05) is 0 Å². The van der Waals surface area contributed by atoms with Gasteiger partial charge in [-0.25, -0.2) is 0 Å². The number of hydrogen-bond donors (Lipinski definition) is 2. The quantitative estimate of drug-likeness (QED) is 0.814. The maximum absolute atomic E-state index is 11.9. The fourth-order valence-corrected chi connectivity index (χ4v) is 2.80. The summed E-state index contributed by atoms with van der Waals surface area (Å²) in [6.07, 6.45) is 1.21. The Bertz CT molecular complexity index is 482. The Morgan fingerprint density at radius 1 is 1.29 bits per heavy atom. The number of ether oxygens (including phenoxy) is 1. The molecule has 0 spiro atoms. The van der Waals surface area contributed by atoms with Crippen molar-refractivity contribution in [3.63, 3.8) is 0 Å². The first-order valence-corrected chi connectivity index (χ1v) is 7.66. The molecule has 5 nitrogen and oxygen atoms in total. The van der Waals surface area contributed by atoms with Gasteiger partial charge in [0, 0.05) is 25.2 Å². The van der Waals surface area contributed by atoms with E-state index in [2.05, 4.69) is 10.2 Å². The zero-order valence-corrected chi connectivity index (χ0v) is 13.2. The molecule has 2 rings (SSSR count). The minimum atomic E-state index is -0.100. The summed E-state index contributed by atoms with van der Waals surface area (Å²) in [4.78, 5) is 14.2. The highest BCUT2D eigenvalue weighted by Crippen LogP contribution is 2.32. The van der Waals surface area contributed by atoms with Gasteiger partial charge < -0.3 is 15.8 Å². The summed E-state index contributed by atoms with van der Waals surface area (Å²) < 4.78 is 5.28. The molecule has 1 saturated heterocycles. The minimum absolute atomic E-state index is 0.100. The molecule has 0 bridgehead atoms. The van der Waals surface area contributed by atoms with E-state index in [1.54, 1.807) is 12.1 Å². The van der Waals surface area contributed by atoms with Gasteiger partial charge in [0.25, 0.3) is 0 Å². The summed E-state index contributed by atoms with van der Waals surface area (Å²) in [6.45, 7) is 4.28. The minimum Gasteiger partial charge on any atom is -0.399 e. The Hall–Kier alpha value is -1.01. The molecule has 0 saturated carbocycles. The van der Waals surface area contributed by atoms with Crippen LogP contribution in [0.2, 0.25) is 10.0 Å². The van der Waals surface area contributed by atoms with Crippen molar-refractivity contribution in [2.24, 2.45) is 0 Å². The lowest BCUT2D eigenvalue weighted by Gasteiger charge is -2.26. The van der Waals surface area contributed by atoms with E-state index in [1.165, 1.54) is 0 Å². The summed E-state index contributed by atoms with van der Waals surface area (Å²) in [5.41, 5.74) is 6.51. The van der Waals surface area contributed by atoms with Crippen molar-refractivity contribution in [1.82, 2.24) is 4.90 Å². The number of hydrogen-bond acceptors (Lipinski definition) is 4. The van der Waals surface area contributed by atoms with E-state index in [-0.39, 0.29) is 5.91 Å². The van der Waals surface area contributed by atoms with Gasteiger partial charge in [-0.2, -0.15) is 0 Å². The molecular formula is C14H19Cl2N3O2. The van der Waals surface area contributed by atoms with Crippen LogP contribution in [-0.4, -0.2) is 43.7 Å². The molecule has 0 radical (unpaired) electrons. The maximum Gasteiger partial charge on any atom is 0.224 e. The first-order valence-electron chi connectivity index (χ1n) is 6.91. The van der Waals surface area contributed by atoms with Crippen LogP contribution in [0.25, 0.3) is 0 Å². The van der Waals surface area contributed by atoms with Crippen LogP contribution in [-0.2, 0) is 9.53 Å². The third-order valence-corrected chi connectivity index (χ3v) is 3.91. The zero-order chi connectivity index (χ0) is 15.2. The fourth-order valence-electron chi connectivity index (χ4n) is 2.20. The molecule has 1 aliphatic heterocycles. The number of benzene rings is 1. The Balaban J connectivity index is 1.79. The van der Waals surface area contributed by atoms with Crippen molar-refractivity contribution in [2.75, 3.05) is 43.9 Å². The van der Waals surface area contributed by atoms with Crippen LogP contribution in [0.15, 0.2) is 12.1 Å². The Kier molecular flexibility index (Phi) is 6.11. The lowest BCUT2D eigenvalue weighted by atomic mass is 10.2. The number of carbonyl (C=O) groups excluding carboxylic acids is 1. The average Bonchev–Trinajstić information content (AvgIpc) is 2.44. The standard InChI is InChI=1S/C14H19Cl2N3O2/c15-11-8-10(17)9-12(16)14(11)18-13(20)2-1-3-19-4-6-21-7-5-19/h8-9H,1-7,17H2,(H,18,20). The largest absolute Gasteiger partial charge is 0.399 e. The molecule has 1 heterocycles. The van der Waals surface area contributed by atoms with E-state index in [9.17, 15) is 4.79 Å². The van der Waals surface area contributed by atoms with Crippen molar-refractivity contribution >= 4 is 40.5 Å². The number of carbonyl (C=O) groups is 1. The van der Waals surface area contributed by atoms with Gasteiger partial charge >= 0.3 is 0 Å². The molecule has 7 heteroatoms. The van der Waals surface area contributed by atoms with Crippen molar-refractivity contribution < 1.29 is 9.53 Å². The number of morpholine rings is 1. The third-order valence-electron chi connectivity index (χ3n) is 3.31. The summed E-state index contributed by atoms with van der Waals surface area (Å²) in [5.74, 6) is -0.100. The van der Waals surface area contributed by atoms with E-state index in [0.717, 1.165) is 39.3 Å². The lowest BCUT2D eigenvalue weighted by Crippen LogP contribution is -2.37. The zero-order valence-electron chi connectivity index (χ0n) is 11.7. The number of halogens is 2. The van der Waals surface area contributed by atoms with Crippen molar-refractivity contribution in [1.29, 1.82) is 0 Å². The summed E-state index contributed by atoms with van der Waals surface area (Å²) >= 11 is 12.1. The number of anilines is 2. The highest BCUT2D eigenvalue weighted by atomic mass is 35.5. The molecule has 1 aromatic rings. The number of nitrogen functional groups attached to an aromatic ring is 1. The topological polar surface area (TPSA) is 67.6 Å². The van der Waals surface area contributed by atoms with E-state index in [4.69, 9.17) is 33.7 Å². The molecule has 1 aliphatic rings. The molecule has 0 atom stereocenters. The van der Waals surface area contributed by atoms with Crippen LogP contribution >= 0.6 is 23.2 Å². The van der Waals surface area contributed by atoms with Gasteiger partial charge in [0.1, 0.15) is 0 Å². The van der Waals surface area contributed by atoms with E-state index >= 15 is 0 Å². The normalized spacial score (nSPS) is 15.9. The smallest absolute Gasteiger partial charge is 0.224 e. The second-order valence-electron chi connectivity index (χ2n) is 4.97.